The summed E-state index contributed by atoms with van der Waals surface area (Å²) in [7, 11) is 17.1. The molecular weight excluding hydrogens is 724 g/mol. The zero-order valence-corrected chi connectivity index (χ0v) is 37.1. The van der Waals surface area contributed by atoms with Crippen LogP contribution >= 0.6 is 11.6 Å². The Kier molecular flexibility index (Phi) is 33.1. The molecular formula is C48H87ClN8. The molecule has 0 bridgehead atoms. The van der Waals surface area contributed by atoms with Gasteiger partial charge in [0.25, 0.3) is 0 Å². The average molecular weight is 812 g/mol. The lowest BCUT2D eigenvalue weighted by atomic mass is 10.4. The maximum Gasteiger partial charge on any atom is 0.0678 e. The van der Waals surface area contributed by atoms with Gasteiger partial charge in [0.1, 0.15) is 0 Å². The highest BCUT2D eigenvalue weighted by Crippen LogP contribution is 2.38. The van der Waals surface area contributed by atoms with E-state index in [2.05, 4.69) is 160 Å². The number of nitrogens with zero attached hydrogens (tertiary/aromatic N) is 8. The topological polar surface area (TPSA) is 25.9 Å². The van der Waals surface area contributed by atoms with E-state index >= 15 is 0 Å². The summed E-state index contributed by atoms with van der Waals surface area (Å²) in [5.41, 5.74) is 0. The van der Waals surface area contributed by atoms with Crippen LogP contribution in [0.2, 0.25) is 0 Å². The van der Waals surface area contributed by atoms with E-state index in [1.54, 1.807) is 0 Å². The van der Waals surface area contributed by atoms with Crippen molar-refractivity contribution < 1.29 is 0 Å². The third kappa shape index (κ3) is 19.3. The zero-order chi connectivity index (χ0) is 42.2. The summed E-state index contributed by atoms with van der Waals surface area (Å²) in [6, 6.07) is 4.15. The summed E-state index contributed by atoms with van der Waals surface area (Å²) in [4.78, 5) is 18.6. The standard InChI is InChI=1S/C15H27N3.C15H25N3.C11H19ClN2.C5H8.2CH4/c2*1-7-10-16(4)13-14(17(5)11-8-2)15(13)18(6)12-9-3;1-5-7-13(3)10-9(12)11(10)14(4)8-6-2;1-3-5-4-2;;/h7-9,13-15H,1-3,10-12H2,4-6H3;1,8-9,13-15H,2-3,10-12H2,4-6H3;5-6,9-11H,1-2,7-8H2,3-4H3;1H,4-5H2,2H3;2*1H4. The van der Waals surface area contributed by atoms with Crippen molar-refractivity contribution in [2.24, 2.45) is 0 Å². The molecule has 8 nitrogen and oxygen atoms in total. The van der Waals surface area contributed by atoms with Gasteiger partial charge in [0, 0.05) is 101 Å². The van der Waals surface area contributed by atoms with Crippen LogP contribution in [-0.2, 0) is 0 Å². The molecule has 3 aliphatic rings. The minimum atomic E-state index is 0. The lowest BCUT2D eigenvalue weighted by molar-refractivity contribution is 0.281. The molecule has 57 heavy (non-hydrogen) atoms. The Hall–Kier alpha value is -2.73. The average Bonchev–Trinajstić information content (AvgIpc) is 4.06. The second kappa shape index (κ2) is 32.2. The third-order valence-corrected chi connectivity index (χ3v) is 10.9. The van der Waals surface area contributed by atoms with Gasteiger partial charge in [0.05, 0.1) is 11.9 Å². The van der Waals surface area contributed by atoms with Crippen LogP contribution in [0.3, 0.4) is 0 Å². The molecule has 3 aliphatic carbocycles. The lowest BCUT2D eigenvalue weighted by Crippen LogP contribution is -2.31. The van der Waals surface area contributed by atoms with E-state index in [0.717, 1.165) is 58.7 Å². The predicted octanol–water partition coefficient (Wildman–Crippen LogP) is 6.64. The highest BCUT2D eigenvalue weighted by atomic mass is 35.5. The van der Waals surface area contributed by atoms with Crippen molar-refractivity contribution >= 4 is 11.6 Å². The fourth-order valence-electron chi connectivity index (χ4n) is 7.58. The second-order valence-electron chi connectivity index (χ2n) is 15.0. The van der Waals surface area contributed by atoms with Gasteiger partial charge in [-0.3, -0.25) is 39.2 Å². The van der Waals surface area contributed by atoms with Crippen molar-refractivity contribution in [1.82, 2.24) is 39.2 Å². The Balaban J connectivity index is -0.000000716. The number of terminal acetylenes is 2. The molecule has 3 fully saturated rings. The summed E-state index contributed by atoms with van der Waals surface area (Å²) in [5.74, 6) is 5.24. The molecule has 9 heteroatoms. The number of alkyl halides is 1. The minimum absolute atomic E-state index is 0. The summed E-state index contributed by atoms with van der Waals surface area (Å²) < 4.78 is 0. The lowest BCUT2D eigenvalue weighted by Gasteiger charge is -2.18. The van der Waals surface area contributed by atoms with Gasteiger partial charge in [-0.1, -0.05) is 70.2 Å². The van der Waals surface area contributed by atoms with Crippen LogP contribution < -0.4 is 0 Å². The molecule has 0 aromatic carbocycles. The molecule has 0 aromatic heterocycles. The molecule has 0 radical (unpaired) electrons. The Labute approximate surface area is 359 Å². The maximum absolute atomic E-state index is 6.23. The first kappa shape index (κ1) is 58.6. The number of rotatable bonds is 24. The van der Waals surface area contributed by atoms with Crippen LogP contribution in [0.25, 0.3) is 0 Å². The zero-order valence-electron chi connectivity index (χ0n) is 36.4. The number of hydrogen-bond acceptors (Lipinski definition) is 8. The van der Waals surface area contributed by atoms with Gasteiger partial charge >= 0.3 is 0 Å². The highest BCUT2D eigenvalue weighted by molar-refractivity contribution is 6.24. The molecule has 0 spiro atoms. The molecule has 4 atom stereocenters. The largest absolute Gasteiger partial charge is 0.297 e. The first-order valence-corrected chi connectivity index (χ1v) is 20.0. The first-order valence-electron chi connectivity index (χ1n) is 19.6. The molecule has 0 heterocycles. The number of hydrogen-bond donors (Lipinski definition) is 0. The number of unbranched alkanes of at least 4 members (excludes halogenated alkanes) is 1. The van der Waals surface area contributed by atoms with Crippen molar-refractivity contribution in [1.29, 1.82) is 0 Å². The van der Waals surface area contributed by atoms with Crippen molar-refractivity contribution in [3.8, 4) is 24.7 Å². The Morgan fingerprint density at radius 1 is 0.421 bits per heavy atom. The molecule has 4 unspecified atom stereocenters. The fraction of sp³-hybridized carbons (Fsp3) is 0.625. The van der Waals surface area contributed by atoms with Crippen LogP contribution in [-0.4, -0.2) is 202 Å². The van der Waals surface area contributed by atoms with Crippen LogP contribution in [0.1, 0.15) is 34.6 Å². The SMILES string of the molecule is C.C.C#CCCC.C#CCN(C)C1C(N(C)CC=C)C1N(C)CC=C.C=CCN(C)C1C(Cl)C1N(C)CC=C.C=CCN(C)C1C(N(C)CC=C)C1N(C)CC=C. The summed E-state index contributed by atoms with van der Waals surface area (Å²) in [6.45, 7) is 35.7. The maximum atomic E-state index is 6.23. The Morgan fingerprint density at radius 2 is 0.632 bits per heavy atom. The first-order chi connectivity index (χ1) is 26.2. The van der Waals surface area contributed by atoms with Gasteiger partial charge in [0.2, 0.25) is 0 Å². The van der Waals surface area contributed by atoms with Crippen molar-refractivity contribution in [3.63, 3.8) is 0 Å². The van der Waals surface area contributed by atoms with Gasteiger partial charge in [-0.05, 0) is 62.8 Å². The Bertz CT molecular complexity index is 1140. The van der Waals surface area contributed by atoms with E-state index in [1.165, 1.54) is 0 Å². The van der Waals surface area contributed by atoms with Gasteiger partial charge in [0.15, 0.2) is 0 Å². The normalized spacial score (nSPS) is 24.9. The van der Waals surface area contributed by atoms with E-state index in [4.69, 9.17) is 24.4 Å². The molecule has 3 rings (SSSR count). The van der Waals surface area contributed by atoms with Gasteiger partial charge in [-0.2, -0.15) is 0 Å². The van der Waals surface area contributed by atoms with Gasteiger partial charge < -0.3 is 0 Å². The van der Waals surface area contributed by atoms with Crippen molar-refractivity contribution in [2.75, 3.05) is 109 Å². The van der Waals surface area contributed by atoms with Crippen LogP contribution in [0.15, 0.2) is 88.6 Å². The second-order valence-corrected chi connectivity index (χ2v) is 15.5. The molecule has 0 aliphatic heterocycles. The van der Waals surface area contributed by atoms with Crippen LogP contribution in [0.4, 0.5) is 0 Å². The minimum Gasteiger partial charge on any atom is -0.297 e. The van der Waals surface area contributed by atoms with E-state index in [9.17, 15) is 0 Å². The Morgan fingerprint density at radius 3 is 0.789 bits per heavy atom. The smallest absolute Gasteiger partial charge is 0.0678 e. The molecule has 3 saturated carbocycles. The molecule has 326 valence electrons. The van der Waals surface area contributed by atoms with E-state index in [-0.39, 0.29) is 20.2 Å². The summed E-state index contributed by atoms with van der Waals surface area (Å²) >= 11 is 6.23. The predicted molar refractivity (Wildman–Crippen MR) is 258 cm³/mol. The molecule has 0 N–H and O–H groups in total. The highest BCUT2D eigenvalue weighted by Gasteiger charge is 2.57. The van der Waals surface area contributed by atoms with Gasteiger partial charge in [-0.15, -0.1) is 76.4 Å². The van der Waals surface area contributed by atoms with E-state index in [0.29, 0.717) is 54.9 Å². The van der Waals surface area contributed by atoms with Crippen LogP contribution in [0, 0.1) is 24.7 Å². The fourth-order valence-corrected chi connectivity index (χ4v) is 8.18. The molecule has 0 amide bonds. The molecule has 0 aromatic rings. The summed E-state index contributed by atoms with van der Waals surface area (Å²) in [6.07, 6.45) is 25.9. The number of halogens is 1. The monoisotopic (exact) mass is 811 g/mol. The quantitative estimate of drug-likeness (QED) is 0.0610. The summed E-state index contributed by atoms with van der Waals surface area (Å²) in [5, 5.41) is 0.241. The number of likely N-dealkylation sites (N-methyl/N-ethyl adjacent to an activating group) is 8. The van der Waals surface area contributed by atoms with Gasteiger partial charge in [-0.25, -0.2) is 0 Å². The van der Waals surface area contributed by atoms with E-state index in [1.807, 2.05) is 42.5 Å². The third-order valence-electron chi connectivity index (χ3n) is 10.4. The van der Waals surface area contributed by atoms with Crippen LogP contribution in [0.5, 0.6) is 0 Å². The molecule has 0 saturated heterocycles. The van der Waals surface area contributed by atoms with Crippen molar-refractivity contribution in [3.05, 3.63) is 88.6 Å². The van der Waals surface area contributed by atoms with E-state index < -0.39 is 0 Å². The van der Waals surface area contributed by atoms with Crippen molar-refractivity contribution in [2.45, 2.75) is 88.3 Å².